The molecule has 0 unspecified atom stereocenters. The number of nitrogens with zero attached hydrogens (tertiary/aromatic N) is 7. The Kier molecular flexibility index (Phi) is 4.86. The Morgan fingerprint density at radius 1 is 1.03 bits per heavy atom. The van der Waals surface area contributed by atoms with Crippen molar-refractivity contribution in [2.75, 3.05) is 13.1 Å². The summed E-state index contributed by atoms with van der Waals surface area (Å²) in [5.74, 6) is 2.67. The monoisotopic (exact) mass is 387 g/mol. The molecule has 1 saturated heterocycles. The molecule has 0 radical (unpaired) electrons. The third kappa shape index (κ3) is 3.81. The van der Waals surface area contributed by atoms with Crippen LogP contribution in [-0.2, 0) is 13.1 Å². The highest BCUT2D eigenvalue weighted by Gasteiger charge is 2.33. The molecule has 7 nitrogen and oxygen atoms in total. The van der Waals surface area contributed by atoms with Gasteiger partial charge in [0.05, 0.1) is 24.5 Å². The molecule has 0 amide bonds. The third-order valence-corrected chi connectivity index (χ3v) is 6.07. The van der Waals surface area contributed by atoms with Crippen molar-refractivity contribution in [3.8, 4) is 6.07 Å². The smallest absolute Gasteiger partial charge is 0.153 e. The molecule has 1 aliphatic heterocycles. The third-order valence-electron chi connectivity index (χ3n) is 6.07. The van der Waals surface area contributed by atoms with Crippen LogP contribution in [0.5, 0.6) is 0 Å². The molecule has 1 aliphatic carbocycles. The van der Waals surface area contributed by atoms with Crippen LogP contribution in [0.3, 0.4) is 0 Å². The van der Waals surface area contributed by atoms with E-state index in [-0.39, 0.29) is 0 Å². The first kappa shape index (κ1) is 18.1. The Bertz CT molecular complexity index is 1000. The summed E-state index contributed by atoms with van der Waals surface area (Å²) in [5.41, 5.74) is 1.91. The van der Waals surface area contributed by atoms with Crippen LogP contribution in [0.2, 0.25) is 0 Å². The quantitative estimate of drug-likeness (QED) is 0.650. The predicted octanol–water partition coefficient (Wildman–Crippen LogP) is 3.11. The van der Waals surface area contributed by atoms with Crippen LogP contribution < -0.4 is 0 Å². The first-order valence-corrected chi connectivity index (χ1v) is 10.4. The molecule has 0 atom stereocenters. The van der Waals surface area contributed by atoms with Gasteiger partial charge in [0.2, 0.25) is 0 Å². The van der Waals surface area contributed by atoms with E-state index >= 15 is 0 Å². The molecule has 0 spiro atoms. The van der Waals surface area contributed by atoms with E-state index in [1.807, 2.05) is 30.7 Å². The first-order valence-electron chi connectivity index (χ1n) is 10.4. The van der Waals surface area contributed by atoms with E-state index in [0.29, 0.717) is 12.0 Å². The minimum Gasteiger partial charge on any atom is -0.330 e. The molecule has 0 bridgehead atoms. The summed E-state index contributed by atoms with van der Waals surface area (Å²) in [4.78, 5) is 6.60. The Balaban J connectivity index is 1.27. The van der Waals surface area contributed by atoms with E-state index in [9.17, 15) is 5.26 Å². The summed E-state index contributed by atoms with van der Waals surface area (Å²) in [6, 6.07) is 10.8. The largest absolute Gasteiger partial charge is 0.330 e. The fourth-order valence-electron chi connectivity index (χ4n) is 4.36. The number of hydrogen-bond acceptors (Lipinski definition) is 5. The molecule has 2 aliphatic rings. The van der Waals surface area contributed by atoms with Crippen LogP contribution in [-0.4, -0.2) is 42.3 Å². The van der Waals surface area contributed by atoms with Gasteiger partial charge >= 0.3 is 0 Å². The zero-order chi connectivity index (χ0) is 19.6. The molecule has 5 rings (SSSR count). The molecule has 7 heteroatoms. The molecular weight excluding hydrogens is 362 g/mol. The van der Waals surface area contributed by atoms with Gasteiger partial charge in [0.25, 0.3) is 0 Å². The average Bonchev–Trinajstić information content (AvgIpc) is 3.30. The van der Waals surface area contributed by atoms with E-state index in [4.69, 9.17) is 0 Å². The van der Waals surface area contributed by atoms with Gasteiger partial charge in [-0.3, -0.25) is 4.90 Å². The number of rotatable bonds is 6. The van der Waals surface area contributed by atoms with Gasteiger partial charge < -0.3 is 9.13 Å². The maximum Gasteiger partial charge on any atom is 0.153 e. The fraction of sp³-hybridized carbons (Fsp3) is 0.455. The molecule has 3 aromatic rings. The van der Waals surface area contributed by atoms with Crippen molar-refractivity contribution in [1.29, 1.82) is 5.26 Å². The van der Waals surface area contributed by atoms with Crippen molar-refractivity contribution in [3.05, 3.63) is 65.8 Å². The van der Waals surface area contributed by atoms with Crippen LogP contribution in [0.15, 0.2) is 43.0 Å². The number of imidazole rings is 1. The highest BCUT2D eigenvalue weighted by molar-refractivity contribution is 5.37. The van der Waals surface area contributed by atoms with Crippen LogP contribution in [0.4, 0.5) is 0 Å². The lowest BCUT2D eigenvalue weighted by molar-refractivity contribution is 0.199. The number of hydrogen-bond donors (Lipinski definition) is 0. The van der Waals surface area contributed by atoms with Crippen LogP contribution >= 0.6 is 0 Å². The van der Waals surface area contributed by atoms with Gasteiger partial charge in [-0.2, -0.15) is 5.26 Å². The zero-order valence-electron chi connectivity index (χ0n) is 16.5. The number of benzene rings is 1. The molecular formula is C22H25N7. The van der Waals surface area contributed by atoms with E-state index in [1.54, 1.807) is 6.20 Å². The van der Waals surface area contributed by atoms with Crippen LogP contribution in [0.25, 0.3) is 0 Å². The minimum atomic E-state index is 0.460. The van der Waals surface area contributed by atoms with Gasteiger partial charge in [-0.1, -0.05) is 18.2 Å². The molecule has 2 fully saturated rings. The molecule has 3 heterocycles. The lowest BCUT2D eigenvalue weighted by atomic mass is 9.95. The van der Waals surface area contributed by atoms with E-state index in [0.717, 1.165) is 56.0 Å². The Hall–Kier alpha value is -2.98. The van der Waals surface area contributed by atoms with E-state index in [2.05, 4.69) is 41.4 Å². The predicted molar refractivity (Wildman–Crippen MR) is 108 cm³/mol. The van der Waals surface area contributed by atoms with Gasteiger partial charge in [0.15, 0.2) is 5.82 Å². The number of piperidine rings is 1. The SMILES string of the molecule is N#Cc1ccccc1CN1CCC(c2nnc(Cn3ccnc3)n2C2CC2)CC1. The molecule has 1 aromatic carbocycles. The van der Waals surface area contributed by atoms with Gasteiger partial charge in [-0.25, -0.2) is 4.98 Å². The number of nitriles is 1. The van der Waals surface area contributed by atoms with Crippen molar-refractivity contribution in [1.82, 2.24) is 29.2 Å². The maximum atomic E-state index is 9.33. The molecule has 0 N–H and O–H groups in total. The summed E-state index contributed by atoms with van der Waals surface area (Å²) in [5, 5.41) is 18.5. The lowest BCUT2D eigenvalue weighted by Crippen LogP contribution is -2.33. The lowest BCUT2D eigenvalue weighted by Gasteiger charge is -2.32. The molecule has 29 heavy (non-hydrogen) atoms. The highest BCUT2D eigenvalue weighted by Crippen LogP contribution is 2.40. The highest BCUT2D eigenvalue weighted by atomic mass is 15.3. The Morgan fingerprint density at radius 3 is 2.59 bits per heavy atom. The Morgan fingerprint density at radius 2 is 1.86 bits per heavy atom. The molecule has 2 aromatic heterocycles. The normalized spacial score (nSPS) is 18.0. The van der Waals surface area contributed by atoms with Gasteiger partial charge in [0, 0.05) is 30.9 Å². The summed E-state index contributed by atoms with van der Waals surface area (Å²) in [6.45, 7) is 3.63. The first-order chi connectivity index (χ1) is 14.3. The van der Waals surface area contributed by atoms with Gasteiger partial charge in [0.1, 0.15) is 5.82 Å². The second-order valence-corrected chi connectivity index (χ2v) is 8.13. The van der Waals surface area contributed by atoms with Crippen LogP contribution in [0, 0.1) is 11.3 Å². The molecule has 148 valence electrons. The standard InChI is InChI=1S/C22H25N7/c23-13-18-3-1-2-4-19(18)14-27-10-7-17(8-11-27)22-26-25-21(29(22)20-5-6-20)15-28-12-9-24-16-28/h1-4,9,12,16-17,20H,5-8,10-11,14-15H2. The second-order valence-electron chi connectivity index (χ2n) is 8.13. The fourth-order valence-corrected chi connectivity index (χ4v) is 4.36. The molecule has 1 saturated carbocycles. The minimum absolute atomic E-state index is 0.460. The average molecular weight is 387 g/mol. The topological polar surface area (TPSA) is 75.6 Å². The van der Waals surface area contributed by atoms with Crippen molar-refractivity contribution in [2.24, 2.45) is 0 Å². The van der Waals surface area contributed by atoms with Gasteiger partial charge in [-0.05, 0) is 50.4 Å². The maximum absolute atomic E-state index is 9.33. The van der Waals surface area contributed by atoms with E-state index in [1.165, 1.54) is 18.7 Å². The second kappa shape index (κ2) is 7.80. The van der Waals surface area contributed by atoms with Crippen molar-refractivity contribution in [3.63, 3.8) is 0 Å². The number of likely N-dealkylation sites (tertiary alicyclic amines) is 1. The Labute approximate surface area is 170 Å². The van der Waals surface area contributed by atoms with Crippen molar-refractivity contribution >= 4 is 0 Å². The summed E-state index contributed by atoms with van der Waals surface area (Å²) in [6.07, 6.45) is 10.2. The summed E-state index contributed by atoms with van der Waals surface area (Å²) in [7, 11) is 0. The van der Waals surface area contributed by atoms with Crippen molar-refractivity contribution < 1.29 is 0 Å². The summed E-state index contributed by atoms with van der Waals surface area (Å²) < 4.78 is 4.47. The van der Waals surface area contributed by atoms with Crippen molar-refractivity contribution in [2.45, 2.75) is 50.7 Å². The number of aromatic nitrogens is 5. The zero-order valence-corrected chi connectivity index (χ0v) is 16.5. The van der Waals surface area contributed by atoms with Gasteiger partial charge in [-0.15, -0.1) is 10.2 Å². The summed E-state index contributed by atoms with van der Waals surface area (Å²) >= 11 is 0. The van der Waals surface area contributed by atoms with Crippen LogP contribution in [0.1, 0.15) is 60.4 Å². The van der Waals surface area contributed by atoms with E-state index < -0.39 is 0 Å².